The number of carbonyl (C=O) groups is 1. The SMILES string of the molecule is CNc1ccc(C2SC3=Nc4ccccc4CN3C2=O)cc1. The fraction of sp³-hybridized carbons (Fsp3) is 0.176. The standard InChI is InChI=1S/C17H15N3OS/c1-18-13-8-6-11(7-9-13)15-16(21)20-10-12-4-2-3-5-14(12)19-17(20)22-15/h2-9,15,18H,10H2,1H3. The molecule has 2 aromatic carbocycles. The van der Waals surface area contributed by atoms with Gasteiger partial charge in [-0.1, -0.05) is 42.1 Å². The molecular weight excluding hydrogens is 294 g/mol. The van der Waals surface area contributed by atoms with Crippen molar-refractivity contribution in [2.45, 2.75) is 11.8 Å². The van der Waals surface area contributed by atoms with Gasteiger partial charge >= 0.3 is 0 Å². The van der Waals surface area contributed by atoms with Crippen LogP contribution in [0, 0.1) is 0 Å². The molecule has 4 nitrogen and oxygen atoms in total. The van der Waals surface area contributed by atoms with E-state index in [0.29, 0.717) is 6.54 Å². The highest BCUT2D eigenvalue weighted by Crippen LogP contribution is 2.43. The van der Waals surface area contributed by atoms with E-state index in [4.69, 9.17) is 0 Å². The average molecular weight is 309 g/mol. The third-order valence-electron chi connectivity index (χ3n) is 3.98. The van der Waals surface area contributed by atoms with Crippen LogP contribution < -0.4 is 5.32 Å². The lowest BCUT2D eigenvalue weighted by molar-refractivity contribution is -0.126. The maximum Gasteiger partial charge on any atom is 0.246 e. The van der Waals surface area contributed by atoms with Crippen LogP contribution in [0.15, 0.2) is 53.5 Å². The van der Waals surface area contributed by atoms with E-state index in [1.807, 2.05) is 55.6 Å². The van der Waals surface area contributed by atoms with E-state index in [9.17, 15) is 4.79 Å². The van der Waals surface area contributed by atoms with Crippen molar-refractivity contribution in [1.82, 2.24) is 4.90 Å². The minimum atomic E-state index is -0.195. The number of nitrogens with one attached hydrogen (secondary N) is 1. The Morgan fingerprint density at radius 2 is 1.95 bits per heavy atom. The Morgan fingerprint density at radius 1 is 1.18 bits per heavy atom. The largest absolute Gasteiger partial charge is 0.388 e. The molecule has 2 heterocycles. The zero-order valence-corrected chi connectivity index (χ0v) is 12.9. The van der Waals surface area contributed by atoms with Crippen molar-refractivity contribution in [1.29, 1.82) is 0 Å². The van der Waals surface area contributed by atoms with E-state index in [2.05, 4.69) is 10.3 Å². The van der Waals surface area contributed by atoms with Crippen molar-refractivity contribution < 1.29 is 4.79 Å². The topological polar surface area (TPSA) is 44.7 Å². The molecule has 0 radical (unpaired) electrons. The van der Waals surface area contributed by atoms with Crippen LogP contribution >= 0.6 is 11.8 Å². The lowest BCUT2D eigenvalue weighted by Gasteiger charge is -2.21. The maximum atomic E-state index is 12.7. The predicted octanol–water partition coefficient (Wildman–Crippen LogP) is 3.55. The normalized spacial score (nSPS) is 19.5. The van der Waals surface area contributed by atoms with Crippen molar-refractivity contribution in [3.05, 3.63) is 59.7 Å². The molecule has 0 aliphatic carbocycles. The Bertz CT molecular complexity index is 770. The van der Waals surface area contributed by atoms with Crippen LogP contribution in [0.3, 0.4) is 0 Å². The number of amidine groups is 1. The number of fused-ring (bicyclic) bond motifs is 2. The summed E-state index contributed by atoms with van der Waals surface area (Å²) in [6.07, 6.45) is 0. The van der Waals surface area contributed by atoms with Crippen molar-refractivity contribution >= 4 is 34.2 Å². The van der Waals surface area contributed by atoms with Crippen LogP contribution in [0.5, 0.6) is 0 Å². The fourth-order valence-corrected chi connectivity index (χ4v) is 3.91. The number of anilines is 1. The Balaban J connectivity index is 1.66. The van der Waals surface area contributed by atoms with Crippen molar-refractivity contribution in [2.75, 3.05) is 12.4 Å². The van der Waals surface area contributed by atoms with Crippen LogP contribution in [0.1, 0.15) is 16.4 Å². The molecule has 5 heteroatoms. The van der Waals surface area contributed by atoms with E-state index in [0.717, 1.165) is 27.7 Å². The fourth-order valence-electron chi connectivity index (χ4n) is 2.75. The number of hydrogen-bond acceptors (Lipinski definition) is 4. The molecule has 1 fully saturated rings. The monoisotopic (exact) mass is 309 g/mol. The molecule has 0 aromatic heterocycles. The second-order valence-electron chi connectivity index (χ2n) is 5.32. The molecule has 4 rings (SSSR count). The van der Waals surface area contributed by atoms with E-state index in [1.165, 1.54) is 11.8 Å². The van der Waals surface area contributed by atoms with Gasteiger partial charge in [0.2, 0.25) is 5.91 Å². The Labute approximate surface area is 133 Å². The Kier molecular flexibility index (Phi) is 3.15. The van der Waals surface area contributed by atoms with E-state index < -0.39 is 0 Å². The number of aliphatic imine (C=N–C) groups is 1. The van der Waals surface area contributed by atoms with Crippen LogP contribution in [-0.4, -0.2) is 23.0 Å². The Morgan fingerprint density at radius 3 is 2.73 bits per heavy atom. The smallest absolute Gasteiger partial charge is 0.246 e. The van der Waals surface area contributed by atoms with Gasteiger partial charge in [0, 0.05) is 12.7 Å². The van der Waals surface area contributed by atoms with Crippen molar-refractivity contribution in [2.24, 2.45) is 4.99 Å². The van der Waals surface area contributed by atoms with E-state index >= 15 is 0 Å². The van der Waals surface area contributed by atoms with Gasteiger partial charge in [0.05, 0.1) is 12.2 Å². The zero-order valence-electron chi connectivity index (χ0n) is 12.1. The summed E-state index contributed by atoms with van der Waals surface area (Å²) in [7, 11) is 1.89. The highest BCUT2D eigenvalue weighted by molar-refractivity contribution is 8.15. The summed E-state index contributed by atoms with van der Waals surface area (Å²) in [6.45, 7) is 0.617. The van der Waals surface area contributed by atoms with E-state index in [-0.39, 0.29) is 11.2 Å². The molecule has 0 saturated carbocycles. The molecule has 1 saturated heterocycles. The Hall–Kier alpha value is -2.27. The lowest BCUT2D eigenvalue weighted by Crippen LogP contribution is -2.31. The quantitative estimate of drug-likeness (QED) is 0.923. The maximum absolute atomic E-state index is 12.7. The number of thioether (sulfide) groups is 1. The number of nitrogens with zero attached hydrogens (tertiary/aromatic N) is 2. The predicted molar refractivity (Wildman–Crippen MR) is 90.4 cm³/mol. The molecule has 2 aromatic rings. The number of amides is 1. The number of hydrogen-bond donors (Lipinski definition) is 1. The average Bonchev–Trinajstić information content (AvgIpc) is 2.89. The second-order valence-corrected chi connectivity index (χ2v) is 6.39. The van der Waals surface area contributed by atoms with Gasteiger partial charge in [-0.3, -0.25) is 9.69 Å². The molecule has 2 aliphatic heterocycles. The van der Waals surface area contributed by atoms with Crippen LogP contribution in [0.4, 0.5) is 11.4 Å². The summed E-state index contributed by atoms with van der Waals surface area (Å²) in [5.74, 6) is 0.121. The molecule has 1 atom stereocenters. The van der Waals surface area contributed by atoms with Gasteiger partial charge in [-0.15, -0.1) is 0 Å². The molecule has 1 amide bonds. The number of para-hydroxylation sites is 1. The molecular formula is C17H15N3OS. The molecule has 0 spiro atoms. The molecule has 1 N–H and O–H groups in total. The molecule has 110 valence electrons. The van der Waals surface area contributed by atoms with Gasteiger partial charge in [0.15, 0.2) is 5.17 Å². The first kappa shape index (κ1) is 13.4. The zero-order chi connectivity index (χ0) is 15.1. The summed E-state index contributed by atoms with van der Waals surface area (Å²) in [5, 5.41) is 3.71. The summed E-state index contributed by atoms with van der Waals surface area (Å²) in [4.78, 5) is 19.1. The van der Waals surface area contributed by atoms with Crippen molar-refractivity contribution in [3.8, 4) is 0 Å². The minimum absolute atomic E-state index is 0.121. The number of carbonyl (C=O) groups excluding carboxylic acids is 1. The van der Waals surface area contributed by atoms with Crippen LogP contribution in [-0.2, 0) is 11.3 Å². The van der Waals surface area contributed by atoms with Crippen LogP contribution in [0.25, 0.3) is 0 Å². The van der Waals surface area contributed by atoms with Gasteiger partial charge < -0.3 is 5.32 Å². The molecule has 2 aliphatic rings. The first-order chi connectivity index (χ1) is 10.8. The number of benzene rings is 2. The molecule has 1 unspecified atom stereocenters. The first-order valence-corrected chi connectivity index (χ1v) is 8.06. The van der Waals surface area contributed by atoms with Crippen molar-refractivity contribution in [3.63, 3.8) is 0 Å². The molecule has 22 heavy (non-hydrogen) atoms. The van der Waals surface area contributed by atoms with Crippen LogP contribution in [0.2, 0.25) is 0 Å². The third kappa shape index (κ3) is 2.09. The molecule has 0 bridgehead atoms. The van der Waals surface area contributed by atoms with Gasteiger partial charge in [0.25, 0.3) is 0 Å². The second kappa shape index (κ2) is 5.18. The van der Waals surface area contributed by atoms with E-state index in [1.54, 1.807) is 4.90 Å². The lowest BCUT2D eigenvalue weighted by atomic mass is 10.1. The number of rotatable bonds is 2. The summed E-state index contributed by atoms with van der Waals surface area (Å²) in [6, 6.07) is 16.0. The summed E-state index contributed by atoms with van der Waals surface area (Å²) < 4.78 is 0. The highest BCUT2D eigenvalue weighted by atomic mass is 32.2. The first-order valence-electron chi connectivity index (χ1n) is 7.18. The minimum Gasteiger partial charge on any atom is -0.388 e. The van der Waals surface area contributed by atoms with Gasteiger partial charge in [-0.25, -0.2) is 4.99 Å². The third-order valence-corrected chi connectivity index (χ3v) is 5.21. The van der Waals surface area contributed by atoms with Gasteiger partial charge in [-0.2, -0.15) is 0 Å². The summed E-state index contributed by atoms with van der Waals surface area (Å²) in [5.41, 5.74) is 4.14. The van der Waals surface area contributed by atoms with Gasteiger partial charge in [0.1, 0.15) is 5.25 Å². The summed E-state index contributed by atoms with van der Waals surface area (Å²) >= 11 is 1.54. The highest BCUT2D eigenvalue weighted by Gasteiger charge is 2.40. The van der Waals surface area contributed by atoms with Gasteiger partial charge in [-0.05, 0) is 29.3 Å².